The first kappa shape index (κ1) is 11.8. The number of halogens is 4. The van der Waals surface area contributed by atoms with Crippen LogP contribution >= 0.6 is 12.4 Å². The van der Waals surface area contributed by atoms with Gasteiger partial charge >= 0.3 is 6.18 Å². The lowest BCUT2D eigenvalue weighted by molar-refractivity contribution is -0.137. The Kier molecular flexibility index (Phi) is 2.95. The molecule has 0 aromatic heterocycles. The van der Waals surface area contributed by atoms with Crippen LogP contribution < -0.4 is 5.32 Å². The van der Waals surface area contributed by atoms with Gasteiger partial charge in [0.2, 0.25) is 5.91 Å². The number of nitrogens with one attached hydrogen (secondary N) is 1. The molecule has 0 radical (unpaired) electrons. The molecule has 1 N–H and O–H groups in total. The minimum absolute atomic E-state index is 0. The maximum Gasteiger partial charge on any atom is 0.416 e. The molecule has 0 fully saturated rings. The number of rotatable bonds is 0. The number of fused-ring (bicyclic) bond motifs is 1. The smallest absolute Gasteiger partial charge is 0.326 e. The van der Waals surface area contributed by atoms with Crippen molar-refractivity contribution in [2.24, 2.45) is 0 Å². The molecule has 2 nitrogen and oxygen atoms in total. The van der Waals surface area contributed by atoms with Gasteiger partial charge in [0, 0.05) is 5.69 Å². The summed E-state index contributed by atoms with van der Waals surface area (Å²) in [6.45, 7) is 0. The molecule has 0 spiro atoms. The Morgan fingerprint density at radius 2 is 1.93 bits per heavy atom. The number of hydrogen-bond acceptors (Lipinski definition) is 1. The second kappa shape index (κ2) is 3.73. The third kappa shape index (κ3) is 2.23. The van der Waals surface area contributed by atoms with Crippen molar-refractivity contribution in [3.63, 3.8) is 0 Å². The van der Waals surface area contributed by atoms with E-state index in [4.69, 9.17) is 0 Å². The van der Waals surface area contributed by atoms with Gasteiger partial charge in [-0.05, 0) is 23.8 Å². The Labute approximate surface area is 89.9 Å². The normalized spacial score (nSPS) is 14.2. The fraction of sp³-hybridized carbons (Fsp3) is 0.222. The van der Waals surface area contributed by atoms with Crippen LogP contribution in [0.1, 0.15) is 11.1 Å². The van der Waals surface area contributed by atoms with E-state index in [1.165, 1.54) is 6.07 Å². The van der Waals surface area contributed by atoms with Crippen LogP contribution in [0.2, 0.25) is 0 Å². The highest BCUT2D eigenvalue weighted by Gasteiger charge is 2.32. The summed E-state index contributed by atoms with van der Waals surface area (Å²) < 4.78 is 36.7. The Morgan fingerprint density at radius 3 is 2.53 bits per heavy atom. The summed E-state index contributed by atoms with van der Waals surface area (Å²) in [5.74, 6) is -0.265. The lowest BCUT2D eigenvalue weighted by atomic mass is 10.1. The van der Waals surface area contributed by atoms with Gasteiger partial charge in [0.25, 0.3) is 0 Å². The molecule has 0 aliphatic carbocycles. The molecule has 1 aliphatic heterocycles. The van der Waals surface area contributed by atoms with E-state index in [0.29, 0.717) is 11.3 Å². The van der Waals surface area contributed by atoms with Gasteiger partial charge in [0.05, 0.1) is 12.0 Å². The van der Waals surface area contributed by atoms with Crippen molar-refractivity contribution in [3.8, 4) is 0 Å². The highest BCUT2D eigenvalue weighted by Crippen LogP contribution is 2.33. The van der Waals surface area contributed by atoms with Crippen molar-refractivity contribution < 1.29 is 18.0 Å². The average molecular weight is 238 g/mol. The molecule has 6 heteroatoms. The third-order valence-electron chi connectivity index (χ3n) is 2.06. The summed E-state index contributed by atoms with van der Waals surface area (Å²) >= 11 is 0. The first-order valence-corrected chi connectivity index (χ1v) is 3.97. The van der Waals surface area contributed by atoms with Gasteiger partial charge < -0.3 is 5.32 Å². The summed E-state index contributed by atoms with van der Waals surface area (Å²) in [6, 6.07) is 3.25. The maximum atomic E-state index is 12.2. The second-order valence-electron chi connectivity index (χ2n) is 3.09. The van der Waals surface area contributed by atoms with Crippen LogP contribution in [-0.4, -0.2) is 5.91 Å². The maximum absolute atomic E-state index is 12.2. The summed E-state index contributed by atoms with van der Waals surface area (Å²) in [4.78, 5) is 10.9. The zero-order valence-corrected chi connectivity index (χ0v) is 8.21. The third-order valence-corrected chi connectivity index (χ3v) is 2.06. The second-order valence-corrected chi connectivity index (χ2v) is 3.09. The molecule has 1 aromatic rings. The van der Waals surface area contributed by atoms with Crippen LogP contribution in [0.4, 0.5) is 18.9 Å². The van der Waals surface area contributed by atoms with Crippen LogP contribution in [0.25, 0.3) is 0 Å². The number of carbonyl (C=O) groups excluding carboxylic acids is 1. The van der Waals surface area contributed by atoms with E-state index in [2.05, 4.69) is 5.32 Å². The van der Waals surface area contributed by atoms with Crippen LogP contribution in [0.15, 0.2) is 18.2 Å². The molecule has 0 saturated carbocycles. The fourth-order valence-corrected chi connectivity index (χ4v) is 1.41. The molecule has 1 aliphatic rings. The van der Waals surface area contributed by atoms with Gasteiger partial charge in [-0.15, -0.1) is 12.4 Å². The summed E-state index contributed by atoms with van der Waals surface area (Å²) in [7, 11) is 0. The molecule has 15 heavy (non-hydrogen) atoms. The van der Waals surface area contributed by atoms with Crippen molar-refractivity contribution in [1.82, 2.24) is 0 Å². The quantitative estimate of drug-likeness (QED) is 0.738. The van der Waals surface area contributed by atoms with Crippen molar-refractivity contribution in [1.29, 1.82) is 0 Å². The predicted molar refractivity (Wildman–Crippen MR) is 51.0 cm³/mol. The van der Waals surface area contributed by atoms with Crippen LogP contribution in [0, 0.1) is 0 Å². The largest absolute Gasteiger partial charge is 0.416 e. The van der Waals surface area contributed by atoms with E-state index in [0.717, 1.165) is 12.1 Å². The molecule has 0 atom stereocenters. The van der Waals surface area contributed by atoms with Gasteiger partial charge in [0.15, 0.2) is 0 Å². The van der Waals surface area contributed by atoms with Gasteiger partial charge in [-0.25, -0.2) is 0 Å². The summed E-state index contributed by atoms with van der Waals surface area (Å²) in [5.41, 5.74) is 0.167. The zero-order valence-electron chi connectivity index (χ0n) is 7.39. The first-order chi connectivity index (χ1) is 6.47. The number of alkyl halides is 3. The SMILES string of the molecule is Cl.O=C1Cc2cc(C(F)(F)F)ccc2N1. The zero-order chi connectivity index (χ0) is 10.3. The van der Waals surface area contributed by atoms with E-state index in [1.807, 2.05) is 0 Å². The minimum atomic E-state index is -4.35. The van der Waals surface area contributed by atoms with Crippen LogP contribution in [-0.2, 0) is 17.4 Å². The van der Waals surface area contributed by atoms with Crippen molar-refractivity contribution in [2.75, 3.05) is 5.32 Å². The lowest BCUT2D eigenvalue weighted by Gasteiger charge is -2.07. The van der Waals surface area contributed by atoms with E-state index < -0.39 is 11.7 Å². The fourth-order valence-electron chi connectivity index (χ4n) is 1.41. The Morgan fingerprint density at radius 1 is 1.27 bits per heavy atom. The molecular formula is C9H7ClF3NO. The standard InChI is InChI=1S/C9H6F3NO.ClH/c10-9(11,12)6-1-2-7-5(3-6)4-8(14)13-7;/h1-3H,4H2,(H,13,14);1H. The average Bonchev–Trinajstić information content (AvgIpc) is 2.41. The minimum Gasteiger partial charge on any atom is -0.326 e. The molecular weight excluding hydrogens is 231 g/mol. The molecule has 82 valence electrons. The molecule has 1 heterocycles. The van der Waals surface area contributed by atoms with Crippen molar-refractivity contribution in [3.05, 3.63) is 29.3 Å². The van der Waals surface area contributed by atoms with Crippen molar-refractivity contribution in [2.45, 2.75) is 12.6 Å². The van der Waals surface area contributed by atoms with Gasteiger partial charge in [-0.2, -0.15) is 13.2 Å². The number of hydrogen-bond donors (Lipinski definition) is 1. The molecule has 0 unspecified atom stereocenters. The lowest BCUT2D eigenvalue weighted by Crippen LogP contribution is -2.04. The van der Waals surface area contributed by atoms with Gasteiger partial charge in [0.1, 0.15) is 0 Å². The Bertz CT molecular complexity index is 403. The predicted octanol–water partition coefficient (Wildman–Crippen LogP) is 2.62. The van der Waals surface area contributed by atoms with E-state index in [1.54, 1.807) is 0 Å². The van der Waals surface area contributed by atoms with E-state index >= 15 is 0 Å². The Balaban J connectivity index is 0.00000112. The molecule has 0 bridgehead atoms. The highest BCUT2D eigenvalue weighted by atomic mass is 35.5. The number of amides is 1. The number of benzene rings is 1. The molecule has 1 amide bonds. The Hall–Kier alpha value is -1.23. The summed E-state index contributed by atoms with van der Waals surface area (Å²) in [5, 5.41) is 2.47. The topological polar surface area (TPSA) is 29.1 Å². The molecule has 1 aromatic carbocycles. The van der Waals surface area contributed by atoms with E-state index in [-0.39, 0.29) is 24.7 Å². The van der Waals surface area contributed by atoms with Crippen LogP contribution in [0.3, 0.4) is 0 Å². The molecule has 2 rings (SSSR count). The highest BCUT2D eigenvalue weighted by molar-refractivity contribution is 5.99. The first-order valence-electron chi connectivity index (χ1n) is 3.97. The van der Waals surface area contributed by atoms with E-state index in [9.17, 15) is 18.0 Å². The molecule has 0 saturated heterocycles. The monoisotopic (exact) mass is 237 g/mol. The number of anilines is 1. The van der Waals surface area contributed by atoms with Crippen LogP contribution in [0.5, 0.6) is 0 Å². The summed E-state index contributed by atoms with van der Waals surface area (Å²) in [6.07, 6.45) is -4.32. The van der Waals surface area contributed by atoms with Crippen molar-refractivity contribution >= 4 is 24.0 Å². The number of carbonyl (C=O) groups is 1. The van der Waals surface area contributed by atoms with Gasteiger partial charge in [-0.1, -0.05) is 0 Å². The van der Waals surface area contributed by atoms with Gasteiger partial charge in [-0.3, -0.25) is 4.79 Å².